The van der Waals surface area contributed by atoms with E-state index in [9.17, 15) is 14.0 Å². The summed E-state index contributed by atoms with van der Waals surface area (Å²) in [5.74, 6) is -0.295. The second-order valence-electron chi connectivity index (χ2n) is 6.31. The van der Waals surface area contributed by atoms with Crippen LogP contribution >= 0.6 is 0 Å². The molecule has 10 heteroatoms. The Kier molecular flexibility index (Phi) is 5.34. The molecule has 3 aromatic rings. The van der Waals surface area contributed by atoms with Crippen molar-refractivity contribution in [2.45, 2.75) is 24.9 Å². The number of hydrogen-bond acceptors (Lipinski definition) is 7. The monoisotopic (exact) mass is 400 g/mol. The van der Waals surface area contributed by atoms with Crippen LogP contribution in [0.3, 0.4) is 0 Å². The van der Waals surface area contributed by atoms with Crippen molar-refractivity contribution in [1.82, 2.24) is 19.5 Å². The molecule has 1 aliphatic rings. The highest BCUT2D eigenvalue weighted by atomic mass is 19.1. The van der Waals surface area contributed by atoms with Crippen molar-refractivity contribution >= 4 is 0 Å². The van der Waals surface area contributed by atoms with Crippen LogP contribution in [0.25, 0.3) is 0 Å². The number of nitrogens with one attached hydrogen (secondary N) is 1. The third kappa shape index (κ3) is 4.32. The minimum atomic E-state index is -1.08. The number of hydrogen-bond donors (Lipinski definition) is 1. The number of ether oxygens (including phenoxy) is 3. The third-order valence-corrected chi connectivity index (χ3v) is 4.36. The molecule has 29 heavy (non-hydrogen) atoms. The van der Waals surface area contributed by atoms with Crippen molar-refractivity contribution in [2.75, 3.05) is 6.61 Å². The molecule has 0 unspecified atom stereocenters. The highest BCUT2D eigenvalue weighted by molar-refractivity contribution is 5.11. The standard InChI is InChI=1S/C19H17FN4O5/c20-12-10-24(19(26)23-18(12)25)17-9-13(28-16-6-2-4-8-22-16)14(29-17)11-27-15-5-1-3-7-21-15/h1-8,10,13-14,17H,9,11H2,(H,23,25,26)/t13-,14+,17+/m0/s1. The normalized spacial score (nSPS) is 21.1. The molecule has 1 saturated heterocycles. The van der Waals surface area contributed by atoms with E-state index in [2.05, 4.69) is 9.97 Å². The number of aromatic amines is 1. The molecule has 0 radical (unpaired) electrons. The SMILES string of the molecule is O=c1[nH]c(=O)n([C@H]2C[C@H](Oc3ccccn3)[C@@H](COc3ccccn3)O2)cc1F. The van der Waals surface area contributed by atoms with Crippen LogP contribution in [0, 0.1) is 5.82 Å². The summed E-state index contributed by atoms with van der Waals surface area (Å²) < 4.78 is 32.1. The lowest BCUT2D eigenvalue weighted by Gasteiger charge is -2.19. The lowest BCUT2D eigenvalue weighted by atomic mass is 10.2. The van der Waals surface area contributed by atoms with Crippen LogP contribution in [0.1, 0.15) is 12.6 Å². The Labute approximate surface area is 163 Å². The zero-order valence-corrected chi connectivity index (χ0v) is 15.1. The Hall–Kier alpha value is -3.53. The molecule has 9 nitrogen and oxygen atoms in total. The molecule has 0 spiro atoms. The zero-order valence-electron chi connectivity index (χ0n) is 15.1. The van der Waals surface area contributed by atoms with Gasteiger partial charge in [-0.05, 0) is 12.1 Å². The second-order valence-corrected chi connectivity index (χ2v) is 6.31. The van der Waals surface area contributed by atoms with E-state index in [1.54, 1.807) is 48.8 Å². The van der Waals surface area contributed by atoms with Crippen LogP contribution in [0.4, 0.5) is 4.39 Å². The molecule has 0 aliphatic carbocycles. The van der Waals surface area contributed by atoms with E-state index in [1.165, 1.54) is 0 Å². The predicted molar refractivity (Wildman–Crippen MR) is 98.2 cm³/mol. The van der Waals surface area contributed by atoms with Crippen LogP contribution in [-0.4, -0.2) is 38.3 Å². The number of H-pyrrole nitrogens is 1. The first-order valence-corrected chi connectivity index (χ1v) is 8.88. The Balaban J connectivity index is 1.55. The van der Waals surface area contributed by atoms with E-state index < -0.39 is 35.5 Å². The van der Waals surface area contributed by atoms with Crippen LogP contribution < -0.4 is 20.7 Å². The topological polar surface area (TPSA) is 108 Å². The molecule has 1 fully saturated rings. The molecular weight excluding hydrogens is 383 g/mol. The molecule has 0 amide bonds. The van der Waals surface area contributed by atoms with E-state index in [1.807, 2.05) is 4.98 Å². The van der Waals surface area contributed by atoms with Crippen molar-refractivity contribution in [3.05, 3.63) is 81.6 Å². The van der Waals surface area contributed by atoms with Gasteiger partial charge in [0.05, 0.1) is 6.20 Å². The Morgan fingerprint density at radius 3 is 2.55 bits per heavy atom. The fourth-order valence-corrected chi connectivity index (χ4v) is 2.99. The average molecular weight is 400 g/mol. The lowest BCUT2D eigenvalue weighted by Crippen LogP contribution is -2.34. The van der Waals surface area contributed by atoms with Gasteiger partial charge in [-0.2, -0.15) is 4.39 Å². The van der Waals surface area contributed by atoms with Gasteiger partial charge < -0.3 is 14.2 Å². The number of nitrogens with zero attached hydrogens (tertiary/aromatic N) is 3. The van der Waals surface area contributed by atoms with Crippen molar-refractivity contribution in [3.63, 3.8) is 0 Å². The third-order valence-electron chi connectivity index (χ3n) is 4.36. The van der Waals surface area contributed by atoms with Gasteiger partial charge in [-0.1, -0.05) is 12.1 Å². The first-order chi connectivity index (χ1) is 14.1. The van der Waals surface area contributed by atoms with Crippen molar-refractivity contribution < 1.29 is 18.6 Å². The van der Waals surface area contributed by atoms with Crippen LogP contribution in [-0.2, 0) is 4.74 Å². The molecule has 0 bridgehead atoms. The largest absolute Gasteiger partial charge is 0.475 e. The van der Waals surface area contributed by atoms with Gasteiger partial charge in [0.15, 0.2) is 0 Å². The first kappa shape index (κ1) is 18.8. The van der Waals surface area contributed by atoms with Crippen molar-refractivity contribution in [2.24, 2.45) is 0 Å². The van der Waals surface area contributed by atoms with E-state index in [0.29, 0.717) is 11.8 Å². The lowest BCUT2D eigenvalue weighted by molar-refractivity contribution is -0.0386. The van der Waals surface area contributed by atoms with E-state index in [-0.39, 0.29) is 13.0 Å². The van der Waals surface area contributed by atoms with Crippen molar-refractivity contribution in [1.29, 1.82) is 0 Å². The minimum Gasteiger partial charge on any atom is -0.475 e. The minimum absolute atomic E-state index is 0.0889. The maximum Gasteiger partial charge on any atom is 0.330 e. The van der Waals surface area contributed by atoms with Crippen molar-refractivity contribution in [3.8, 4) is 11.8 Å². The van der Waals surface area contributed by atoms with Gasteiger partial charge in [-0.25, -0.2) is 14.8 Å². The maximum absolute atomic E-state index is 13.7. The highest BCUT2D eigenvalue weighted by Crippen LogP contribution is 2.31. The highest BCUT2D eigenvalue weighted by Gasteiger charge is 2.39. The van der Waals surface area contributed by atoms with E-state index in [0.717, 1.165) is 10.8 Å². The molecule has 0 saturated carbocycles. The van der Waals surface area contributed by atoms with E-state index in [4.69, 9.17) is 14.2 Å². The van der Waals surface area contributed by atoms with Gasteiger partial charge in [0, 0.05) is 30.9 Å². The summed E-state index contributed by atoms with van der Waals surface area (Å²) in [4.78, 5) is 33.5. The summed E-state index contributed by atoms with van der Waals surface area (Å²) in [5, 5.41) is 0. The fourth-order valence-electron chi connectivity index (χ4n) is 2.99. The molecule has 3 atom stereocenters. The molecule has 150 valence electrons. The maximum atomic E-state index is 13.7. The number of aromatic nitrogens is 4. The molecule has 1 N–H and O–H groups in total. The summed E-state index contributed by atoms with van der Waals surface area (Å²) in [6.07, 6.45) is 2.26. The smallest absolute Gasteiger partial charge is 0.330 e. The first-order valence-electron chi connectivity index (χ1n) is 8.88. The van der Waals surface area contributed by atoms with Gasteiger partial charge in [0.1, 0.15) is 25.0 Å². The van der Waals surface area contributed by atoms with Crippen LogP contribution in [0.15, 0.2) is 64.6 Å². The molecule has 1 aliphatic heterocycles. The summed E-state index contributed by atoms with van der Waals surface area (Å²) in [7, 11) is 0. The summed E-state index contributed by atoms with van der Waals surface area (Å²) >= 11 is 0. The molecule has 4 heterocycles. The van der Waals surface area contributed by atoms with Gasteiger partial charge in [0.2, 0.25) is 17.6 Å². The van der Waals surface area contributed by atoms with Crippen LogP contribution in [0.2, 0.25) is 0 Å². The summed E-state index contributed by atoms with van der Waals surface area (Å²) in [6.45, 7) is 0.0889. The summed E-state index contributed by atoms with van der Waals surface area (Å²) in [5.41, 5.74) is -1.86. The number of pyridine rings is 2. The average Bonchev–Trinajstić information content (AvgIpc) is 3.13. The van der Waals surface area contributed by atoms with Gasteiger partial charge in [-0.3, -0.25) is 14.3 Å². The zero-order chi connectivity index (χ0) is 20.2. The molecule has 3 aromatic heterocycles. The molecule has 4 rings (SSSR count). The number of rotatable bonds is 6. The van der Waals surface area contributed by atoms with Gasteiger partial charge >= 0.3 is 5.69 Å². The fraction of sp³-hybridized carbons (Fsp3) is 0.263. The van der Waals surface area contributed by atoms with Gasteiger partial charge in [-0.15, -0.1) is 0 Å². The van der Waals surface area contributed by atoms with Crippen LogP contribution in [0.5, 0.6) is 11.8 Å². The summed E-state index contributed by atoms with van der Waals surface area (Å²) in [6, 6.07) is 10.5. The molecule has 0 aromatic carbocycles. The van der Waals surface area contributed by atoms with E-state index >= 15 is 0 Å². The number of halogens is 1. The van der Waals surface area contributed by atoms with Gasteiger partial charge in [0.25, 0.3) is 5.56 Å². The quantitative estimate of drug-likeness (QED) is 0.664. The molecular formula is C19H17FN4O5. The second kappa shape index (κ2) is 8.23. The predicted octanol–water partition coefficient (Wildman–Crippen LogP) is 1.28. The Bertz CT molecular complexity index is 1070. The Morgan fingerprint density at radius 1 is 1.14 bits per heavy atom. The Morgan fingerprint density at radius 2 is 1.86 bits per heavy atom.